The summed E-state index contributed by atoms with van der Waals surface area (Å²) in [6.07, 6.45) is 0.985. The van der Waals surface area contributed by atoms with Gasteiger partial charge in [0.1, 0.15) is 11.5 Å². The molecule has 6 heteroatoms. The second-order valence-electron chi connectivity index (χ2n) is 4.01. The Morgan fingerprint density at radius 2 is 1.86 bits per heavy atom. The molecule has 0 saturated carbocycles. The highest BCUT2D eigenvalue weighted by atomic mass is 16.5. The Bertz CT molecular complexity index is 582. The molecular formula is C15H16N2O4. The fraction of sp³-hybridized carbons (Fsp3) is 0.200. The molecule has 0 aliphatic heterocycles. The summed E-state index contributed by atoms with van der Waals surface area (Å²) in [5.74, 6) is 1.83. The third kappa shape index (κ3) is 4.38. The smallest absolute Gasteiger partial charge is 0.411 e. The van der Waals surface area contributed by atoms with Crippen molar-refractivity contribution in [2.45, 2.75) is 6.92 Å². The van der Waals surface area contributed by atoms with Gasteiger partial charge in [0.15, 0.2) is 0 Å². The third-order valence-electron chi connectivity index (χ3n) is 2.54. The van der Waals surface area contributed by atoms with E-state index in [0.29, 0.717) is 23.9 Å². The van der Waals surface area contributed by atoms with Gasteiger partial charge in [-0.3, -0.25) is 5.32 Å². The molecule has 0 spiro atoms. The monoisotopic (exact) mass is 288 g/mol. The van der Waals surface area contributed by atoms with Gasteiger partial charge in [-0.15, -0.1) is 0 Å². The lowest BCUT2D eigenvalue weighted by Crippen LogP contribution is -2.13. The number of hydrogen-bond donors (Lipinski definition) is 1. The summed E-state index contributed by atoms with van der Waals surface area (Å²) in [6.45, 7) is 2.06. The molecule has 0 saturated heterocycles. The number of pyridine rings is 1. The number of ether oxygens (including phenoxy) is 3. The van der Waals surface area contributed by atoms with E-state index in [4.69, 9.17) is 14.2 Å². The summed E-state index contributed by atoms with van der Waals surface area (Å²) in [7, 11) is 1.60. The minimum Gasteiger partial charge on any atom is -0.497 e. The number of aromatic nitrogens is 1. The number of benzene rings is 1. The van der Waals surface area contributed by atoms with E-state index in [1.165, 1.54) is 6.20 Å². The normalized spacial score (nSPS) is 9.81. The van der Waals surface area contributed by atoms with Gasteiger partial charge in [0.2, 0.25) is 5.88 Å². The highest BCUT2D eigenvalue weighted by molar-refractivity contribution is 5.84. The van der Waals surface area contributed by atoms with Crippen molar-refractivity contribution in [1.29, 1.82) is 0 Å². The molecule has 1 heterocycles. The summed E-state index contributed by atoms with van der Waals surface area (Å²) in [5.41, 5.74) is 0.538. The van der Waals surface area contributed by atoms with Crippen LogP contribution >= 0.6 is 0 Å². The molecule has 0 bridgehead atoms. The van der Waals surface area contributed by atoms with Crippen molar-refractivity contribution in [2.75, 3.05) is 19.0 Å². The van der Waals surface area contributed by atoms with E-state index < -0.39 is 6.09 Å². The summed E-state index contributed by atoms with van der Waals surface area (Å²) < 4.78 is 15.4. The van der Waals surface area contributed by atoms with Gasteiger partial charge in [0.05, 0.1) is 25.6 Å². The molecule has 0 aliphatic carbocycles. The lowest BCUT2D eigenvalue weighted by Gasteiger charge is -2.07. The summed E-state index contributed by atoms with van der Waals surface area (Å²) >= 11 is 0. The zero-order chi connectivity index (χ0) is 15.1. The Morgan fingerprint density at radius 3 is 2.43 bits per heavy atom. The van der Waals surface area contributed by atoms with E-state index >= 15 is 0 Å². The average molecular weight is 288 g/mol. The molecule has 1 amide bonds. The van der Waals surface area contributed by atoms with Crippen LogP contribution in [-0.2, 0) is 4.74 Å². The van der Waals surface area contributed by atoms with Crippen molar-refractivity contribution in [3.05, 3.63) is 42.6 Å². The second kappa shape index (κ2) is 7.14. The minimum atomic E-state index is -0.511. The van der Waals surface area contributed by atoms with Gasteiger partial charge in [-0.2, -0.15) is 0 Å². The number of carbonyl (C=O) groups is 1. The largest absolute Gasteiger partial charge is 0.497 e. The fourth-order valence-corrected chi connectivity index (χ4v) is 1.56. The first-order valence-electron chi connectivity index (χ1n) is 6.43. The van der Waals surface area contributed by atoms with Crippen LogP contribution in [-0.4, -0.2) is 24.8 Å². The topological polar surface area (TPSA) is 69.7 Å². The number of nitrogens with zero attached hydrogens (tertiary/aromatic N) is 1. The lowest BCUT2D eigenvalue weighted by atomic mass is 10.3. The number of rotatable bonds is 5. The summed E-state index contributed by atoms with van der Waals surface area (Å²) in [6, 6.07) is 10.5. The van der Waals surface area contributed by atoms with E-state index in [2.05, 4.69) is 10.3 Å². The minimum absolute atomic E-state index is 0.317. The molecule has 1 aromatic carbocycles. The highest BCUT2D eigenvalue weighted by Crippen LogP contribution is 2.23. The second-order valence-corrected chi connectivity index (χ2v) is 4.01. The summed E-state index contributed by atoms with van der Waals surface area (Å²) in [4.78, 5) is 15.4. The van der Waals surface area contributed by atoms with Crippen LogP contribution in [0.15, 0.2) is 42.6 Å². The van der Waals surface area contributed by atoms with Crippen molar-refractivity contribution in [1.82, 2.24) is 4.98 Å². The van der Waals surface area contributed by atoms with Crippen LogP contribution in [0, 0.1) is 0 Å². The first-order valence-corrected chi connectivity index (χ1v) is 6.43. The quantitative estimate of drug-likeness (QED) is 0.912. The fourth-order valence-electron chi connectivity index (χ4n) is 1.56. The van der Waals surface area contributed by atoms with E-state index in [9.17, 15) is 4.79 Å². The van der Waals surface area contributed by atoms with Gasteiger partial charge in [0, 0.05) is 6.07 Å². The SMILES string of the molecule is CCOC(=O)Nc1ccc(Oc2ccc(OC)cc2)nc1. The maximum atomic E-state index is 11.2. The lowest BCUT2D eigenvalue weighted by molar-refractivity contribution is 0.168. The van der Waals surface area contributed by atoms with Crippen LogP contribution in [0.25, 0.3) is 0 Å². The molecule has 2 aromatic rings. The molecule has 110 valence electrons. The maximum absolute atomic E-state index is 11.2. The van der Waals surface area contributed by atoms with Crippen molar-refractivity contribution >= 4 is 11.8 Å². The van der Waals surface area contributed by atoms with Crippen LogP contribution in [0.1, 0.15) is 6.92 Å². The van der Waals surface area contributed by atoms with Gasteiger partial charge in [-0.05, 0) is 37.3 Å². The number of anilines is 1. The average Bonchev–Trinajstić information content (AvgIpc) is 2.50. The Morgan fingerprint density at radius 1 is 1.14 bits per heavy atom. The number of amides is 1. The van der Waals surface area contributed by atoms with Crippen molar-refractivity contribution < 1.29 is 19.0 Å². The number of carbonyl (C=O) groups excluding carboxylic acids is 1. The molecule has 0 aliphatic rings. The predicted molar refractivity (Wildman–Crippen MR) is 77.9 cm³/mol. The van der Waals surface area contributed by atoms with E-state index in [1.807, 2.05) is 0 Å². The Labute approximate surface area is 122 Å². The Balaban J connectivity index is 1.96. The molecule has 0 atom stereocenters. The van der Waals surface area contributed by atoms with Crippen molar-refractivity contribution in [3.63, 3.8) is 0 Å². The van der Waals surface area contributed by atoms with Crippen LogP contribution in [0.5, 0.6) is 17.4 Å². The van der Waals surface area contributed by atoms with Crippen molar-refractivity contribution in [3.8, 4) is 17.4 Å². The summed E-state index contributed by atoms with van der Waals surface area (Å²) in [5, 5.41) is 2.55. The number of methoxy groups -OCH3 is 1. The standard InChI is InChI=1S/C15H16N2O4/c1-3-20-15(18)17-11-4-9-14(16-10-11)21-13-7-5-12(19-2)6-8-13/h4-10H,3H2,1-2H3,(H,17,18). The first kappa shape index (κ1) is 14.6. The molecule has 21 heavy (non-hydrogen) atoms. The van der Waals surface area contributed by atoms with E-state index in [-0.39, 0.29) is 0 Å². The molecule has 0 unspecified atom stereocenters. The molecule has 6 nitrogen and oxygen atoms in total. The Kier molecular flexibility index (Phi) is 4.98. The molecule has 2 rings (SSSR count). The van der Waals surface area contributed by atoms with Crippen LogP contribution in [0.2, 0.25) is 0 Å². The van der Waals surface area contributed by atoms with E-state index in [0.717, 1.165) is 5.75 Å². The number of hydrogen-bond acceptors (Lipinski definition) is 5. The maximum Gasteiger partial charge on any atom is 0.411 e. The van der Waals surface area contributed by atoms with Gasteiger partial charge in [-0.1, -0.05) is 0 Å². The van der Waals surface area contributed by atoms with Gasteiger partial charge >= 0.3 is 6.09 Å². The number of nitrogens with one attached hydrogen (secondary N) is 1. The molecule has 1 aromatic heterocycles. The predicted octanol–water partition coefficient (Wildman–Crippen LogP) is 3.45. The van der Waals surface area contributed by atoms with Crippen molar-refractivity contribution in [2.24, 2.45) is 0 Å². The zero-order valence-corrected chi connectivity index (χ0v) is 11.8. The van der Waals surface area contributed by atoms with Crippen LogP contribution < -0.4 is 14.8 Å². The third-order valence-corrected chi connectivity index (χ3v) is 2.54. The molecule has 0 fully saturated rings. The van der Waals surface area contributed by atoms with Gasteiger partial charge in [0.25, 0.3) is 0 Å². The molecular weight excluding hydrogens is 272 g/mol. The van der Waals surface area contributed by atoms with Gasteiger partial charge in [-0.25, -0.2) is 9.78 Å². The Hall–Kier alpha value is -2.76. The van der Waals surface area contributed by atoms with E-state index in [1.54, 1.807) is 50.4 Å². The van der Waals surface area contributed by atoms with Gasteiger partial charge < -0.3 is 14.2 Å². The van der Waals surface area contributed by atoms with Crippen LogP contribution in [0.4, 0.5) is 10.5 Å². The molecule has 0 radical (unpaired) electrons. The zero-order valence-electron chi connectivity index (χ0n) is 11.8. The van der Waals surface area contributed by atoms with Crippen LogP contribution in [0.3, 0.4) is 0 Å². The molecule has 1 N–H and O–H groups in total. The first-order chi connectivity index (χ1) is 10.2. The highest BCUT2D eigenvalue weighted by Gasteiger charge is 2.03.